The van der Waals surface area contributed by atoms with Crippen LogP contribution in [0.15, 0.2) is 52.4 Å². The fourth-order valence-corrected chi connectivity index (χ4v) is 4.73. The molecule has 12 heteroatoms. The third-order valence-electron chi connectivity index (χ3n) is 4.41. The number of thiazole rings is 1. The number of hydrogen-bond acceptors (Lipinski definition) is 8. The van der Waals surface area contributed by atoms with Crippen molar-refractivity contribution in [1.29, 1.82) is 0 Å². The number of sulfone groups is 1. The molecule has 0 spiro atoms. The van der Waals surface area contributed by atoms with Crippen LogP contribution in [0.1, 0.15) is 17.3 Å². The molecule has 3 rings (SSSR count). The van der Waals surface area contributed by atoms with E-state index in [1.807, 2.05) is 0 Å². The number of benzene rings is 2. The van der Waals surface area contributed by atoms with E-state index in [2.05, 4.69) is 9.73 Å². The molecule has 0 unspecified atom stereocenters. The second-order valence-corrected chi connectivity index (χ2v) is 9.59. The standard InChI is InChI=1S/C19H17N3O7S2/c1-3-31(27,28)14-6-4-5-12(9-14)18(24)20-19-21(11-17(23)29-2)15-8-7-13(22(25)26)10-16(15)30-19/h4-10H,3,11H2,1-2H3. The lowest BCUT2D eigenvalue weighted by atomic mass is 10.2. The molecular weight excluding hydrogens is 446 g/mol. The Bertz CT molecular complexity index is 1370. The zero-order valence-corrected chi connectivity index (χ0v) is 18.1. The van der Waals surface area contributed by atoms with Crippen molar-refractivity contribution in [3.05, 3.63) is 62.9 Å². The van der Waals surface area contributed by atoms with Crippen molar-refractivity contribution in [3.63, 3.8) is 0 Å². The first-order chi connectivity index (χ1) is 14.7. The molecule has 1 aromatic heterocycles. The highest BCUT2D eigenvalue weighted by Gasteiger charge is 2.17. The first-order valence-corrected chi connectivity index (χ1v) is 11.4. The second kappa shape index (κ2) is 8.78. The number of carbonyl (C=O) groups excluding carboxylic acids is 2. The van der Waals surface area contributed by atoms with Gasteiger partial charge in [-0.15, -0.1) is 0 Å². The van der Waals surface area contributed by atoms with E-state index < -0.39 is 26.6 Å². The number of nitrogens with zero attached hydrogens (tertiary/aromatic N) is 3. The number of nitro groups is 1. The number of ether oxygens (including phenoxy) is 1. The summed E-state index contributed by atoms with van der Waals surface area (Å²) in [5, 5.41) is 11.1. The predicted octanol–water partition coefficient (Wildman–Crippen LogP) is 2.32. The van der Waals surface area contributed by atoms with Crippen LogP contribution in [0.2, 0.25) is 0 Å². The van der Waals surface area contributed by atoms with Crippen LogP contribution < -0.4 is 4.80 Å². The Morgan fingerprint density at radius 2 is 1.97 bits per heavy atom. The number of rotatable bonds is 6. The van der Waals surface area contributed by atoms with Gasteiger partial charge in [0.15, 0.2) is 14.6 Å². The predicted molar refractivity (Wildman–Crippen MR) is 113 cm³/mol. The summed E-state index contributed by atoms with van der Waals surface area (Å²) in [7, 11) is -2.30. The van der Waals surface area contributed by atoms with Crippen LogP contribution in [-0.2, 0) is 25.9 Å². The largest absolute Gasteiger partial charge is 0.468 e. The summed E-state index contributed by atoms with van der Waals surface area (Å²) in [6.45, 7) is 1.24. The molecule has 1 amide bonds. The molecule has 31 heavy (non-hydrogen) atoms. The van der Waals surface area contributed by atoms with Gasteiger partial charge in [-0.05, 0) is 24.3 Å². The second-order valence-electron chi connectivity index (χ2n) is 6.30. The minimum atomic E-state index is -3.51. The van der Waals surface area contributed by atoms with Crippen molar-refractivity contribution in [1.82, 2.24) is 4.57 Å². The van der Waals surface area contributed by atoms with Crippen LogP contribution in [0.25, 0.3) is 10.2 Å². The molecule has 3 aromatic rings. The number of amides is 1. The topological polar surface area (TPSA) is 138 Å². The summed E-state index contributed by atoms with van der Waals surface area (Å²) in [5.74, 6) is -1.42. The molecule has 0 fully saturated rings. The van der Waals surface area contributed by atoms with Crippen molar-refractivity contribution in [3.8, 4) is 0 Å². The summed E-state index contributed by atoms with van der Waals surface area (Å²) in [5.41, 5.74) is 0.381. The highest BCUT2D eigenvalue weighted by atomic mass is 32.2. The van der Waals surface area contributed by atoms with E-state index >= 15 is 0 Å². The van der Waals surface area contributed by atoms with E-state index in [9.17, 15) is 28.1 Å². The van der Waals surface area contributed by atoms with Gasteiger partial charge in [-0.1, -0.05) is 24.3 Å². The summed E-state index contributed by atoms with van der Waals surface area (Å²) in [6.07, 6.45) is 0. The van der Waals surface area contributed by atoms with Crippen molar-refractivity contribution < 1.29 is 27.7 Å². The van der Waals surface area contributed by atoms with Gasteiger partial charge < -0.3 is 9.30 Å². The normalized spacial score (nSPS) is 12.1. The first kappa shape index (κ1) is 22.3. The average molecular weight is 463 g/mol. The Morgan fingerprint density at radius 1 is 1.23 bits per heavy atom. The molecule has 0 aliphatic heterocycles. The molecule has 162 valence electrons. The van der Waals surface area contributed by atoms with E-state index in [0.717, 1.165) is 11.3 Å². The minimum Gasteiger partial charge on any atom is -0.468 e. The van der Waals surface area contributed by atoms with Gasteiger partial charge in [0.25, 0.3) is 11.6 Å². The molecule has 1 heterocycles. The zero-order valence-electron chi connectivity index (χ0n) is 16.5. The van der Waals surface area contributed by atoms with E-state index in [4.69, 9.17) is 0 Å². The van der Waals surface area contributed by atoms with Crippen LogP contribution in [0.4, 0.5) is 5.69 Å². The Labute approximate surface area is 180 Å². The van der Waals surface area contributed by atoms with Gasteiger partial charge in [0.05, 0.1) is 32.9 Å². The van der Waals surface area contributed by atoms with Gasteiger partial charge in [-0.2, -0.15) is 4.99 Å². The van der Waals surface area contributed by atoms with Gasteiger partial charge in [0, 0.05) is 17.7 Å². The lowest BCUT2D eigenvalue weighted by Gasteiger charge is -2.04. The molecule has 0 radical (unpaired) electrons. The smallest absolute Gasteiger partial charge is 0.325 e. The number of carbonyl (C=O) groups is 2. The highest BCUT2D eigenvalue weighted by Crippen LogP contribution is 2.23. The maximum absolute atomic E-state index is 12.7. The van der Waals surface area contributed by atoms with Crippen LogP contribution in [0.3, 0.4) is 0 Å². The van der Waals surface area contributed by atoms with Gasteiger partial charge in [-0.3, -0.25) is 19.7 Å². The summed E-state index contributed by atoms with van der Waals surface area (Å²) in [6, 6.07) is 9.59. The van der Waals surface area contributed by atoms with Crippen LogP contribution in [0, 0.1) is 10.1 Å². The number of non-ortho nitro benzene ring substituents is 1. The zero-order chi connectivity index (χ0) is 22.8. The van der Waals surface area contributed by atoms with Gasteiger partial charge in [0.2, 0.25) is 0 Å². The third-order valence-corrected chi connectivity index (χ3v) is 7.18. The van der Waals surface area contributed by atoms with Gasteiger partial charge >= 0.3 is 5.97 Å². The number of fused-ring (bicyclic) bond motifs is 1. The van der Waals surface area contributed by atoms with Crippen molar-refractivity contribution in [2.75, 3.05) is 12.9 Å². The molecule has 0 aliphatic carbocycles. The van der Waals surface area contributed by atoms with Crippen molar-refractivity contribution >= 4 is 49.0 Å². The van der Waals surface area contributed by atoms with Gasteiger partial charge in [0.1, 0.15) is 6.54 Å². The molecule has 0 N–H and O–H groups in total. The Kier molecular flexibility index (Phi) is 6.32. The summed E-state index contributed by atoms with van der Waals surface area (Å²) in [4.78, 5) is 39.3. The molecule has 0 saturated heterocycles. The lowest BCUT2D eigenvalue weighted by molar-refractivity contribution is -0.384. The Morgan fingerprint density at radius 3 is 2.61 bits per heavy atom. The van der Waals surface area contributed by atoms with Crippen LogP contribution in [-0.4, -0.2) is 42.6 Å². The highest BCUT2D eigenvalue weighted by molar-refractivity contribution is 7.91. The van der Waals surface area contributed by atoms with E-state index in [1.165, 1.54) is 61.1 Å². The maximum Gasteiger partial charge on any atom is 0.325 e. The monoisotopic (exact) mass is 463 g/mol. The Hall–Kier alpha value is -3.38. The SMILES string of the molecule is CCS(=O)(=O)c1cccc(C(=O)N=c2sc3cc([N+](=O)[O-])ccc3n2CC(=O)OC)c1. The number of nitro benzene ring substituents is 1. The van der Waals surface area contributed by atoms with E-state index in [1.54, 1.807) is 0 Å². The average Bonchev–Trinajstić information content (AvgIpc) is 3.09. The summed E-state index contributed by atoms with van der Waals surface area (Å²) < 4.78 is 30.7. The van der Waals surface area contributed by atoms with Gasteiger partial charge in [-0.25, -0.2) is 8.42 Å². The van der Waals surface area contributed by atoms with Crippen LogP contribution >= 0.6 is 11.3 Å². The van der Waals surface area contributed by atoms with Crippen molar-refractivity contribution in [2.24, 2.45) is 4.99 Å². The van der Waals surface area contributed by atoms with E-state index in [-0.39, 0.29) is 33.2 Å². The summed E-state index contributed by atoms with van der Waals surface area (Å²) >= 11 is 0.990. The number of hydrogen-bond donors (Lipinski definition) is 0. The quantitative estimate of drug-likeness (QED) is 0.311. The number of aromatic nitrogens is 1. The molecule has 0 atom stereocenters. The molecule has 2 aromatic carbocycles. The van der Waals surface area contributed by atoms with Crippen LogP contribution in [0.5, 0.6) is 0 Å². The maximum atomic E-state index is 12.7. The van der Waals surface area contributed by atoms with Crippen molar-refractivity contribution in [2.45, 2.75) is 18.4 Å². The minimum absolute atomic E-state index is 0.00505. The lowest BCUT2D eigenvalue weighted by Crippen LogP contribution is -2.22. The fourth-order valence-electron chi connectivity index (χ4n) is 2.75. The molecular formula is C19H17N3O7S2. The number of methoxy groups -OCH3 is 1. The molecule has 0 saturated carbocycles. The van der Waals surface area contributed by atoms with E-state index in [0.29, 0.717) is 10.2 Å². The first-order valence-electron chi connectivity index (χ1n) is 8.92. The molecule has 0 aliphatic rings. The fraction of sp³-hybridized carbons (Fsp3) is 0.211. The molecule has 10 nitrogen and oxygen atoms in total. The number of esters is 1. The third kappa shape index (κ3) is 4.70. The Balaban J connectivity index is 2.15. The molecule has 0 bridgehead atoms.